The Morgan fingerprint density at radius 1 is 1.10 bits per heavy atom. The minimum Gasteiger partial charge on any atom is -0.385 e. The number of fused-ring (bicyclic) bond motifs is 5. The van der Waals surface area contributed by atoms with Crippen LogP contribution in [0.4, 0.5) is 0 Å². The van der Waals surface area contributed by atoms with Crippen LogP contribution in [0.2, 0.25) is 0 Å². The van der Waals surface area contributed by atoms with Crippen LogP contribution in [0.3, 0.4) is 0 Å². The maximum atomic E-state index is 11.5. The average molecular weight is 277 g/mol. The van der Waals surface area contributed by atoms with Crippen LogP contribution in [0.15, 0.2) is 42.6 Å². The third kappa shape index (κ3) is 1.31. The Morgan fingerprint density at radius 3 is 2.52 bits per heavy atom. The molecule has 0 radical (unpaired) electrons. The Labute approximate surface area is 126 Å². The van der Waals surface area contributed by atoms with Crippen LogP contribution in [0.5, 0.6) is 0 Å². The van der Waals surface area contributed by atoms with Crippen LogP contribution in [0.1, 0.15) is 37.8 Å². The molecule has 3 heteroatoms. The highest BCUT2D eigenvalue weighted by molar-refractivity contribution is 6.18. The maximum Gasteiger partial charge on any atom is 0.116 e. The van der Waals surface area contributed by atoms with Gasteiger partial charge in [-0.2, -0.15) is 0 Å². The first-order chi connectivity index (χ1) is 9.92. The Balaban J connectivity index is 2.06. The Morgan fingerprint density at radius 2 is 1.81 bits per heavy atom. The quantitative estimate of drug-likeness (QED) is 0.813. The number of aromatic nitrogens is 1. The summed E-state index contributed by atoms with van der Waals surface area (Å²) >= 11 is 0. The molecule has 0 amide bonds. The van der Waals surface area contributed by atoms with Gasteiger partial charge in [-0.3, -0.25) is 4.98 Å². The van der Waals surface area contributed by atoms with Crippen LogP contribution < -0.4 is 0 Å². The Kier molecular flexibility index (Phi) is 2.35. The summed E-state index contributed by atoms with van der Waals surface area (Å²) < 4.78 is 0. The van der Waals surface area contributed by atoms with Gasteiger partial charge in [0.15, 0.2) is 0 Å². The number of pyridine rings is 1. The zero-order chi connectivity index (χ0) is 14.9. The summed E-state index contributed by atoms with van der Waals surface area (Å²) in [7, 11) is 2.30. The summed E-state index contributed by atoms with van der Waals surface area (Å²) in [6.45, 7) is 4.41. The van der Waals surface area contributed by atoms with Gasteiger partial charge in [0.05, 0.1) is 11.3 Å². The average Bonchev–Trinajstić information content (AvgIpc) is 2.76. The summed E-state index contributed by atoms with van der Waals surface area (Å²) in [6.07, 6.45) is 3.77. The lowest BCUT2D eigenvalue weighted by Crippen LogP contribution is -2.41. The topological polar surface area (TPSA) is 33.1 Å². The lowest BCUT2D eigenvalue weighted by atomic mass is 9.54. The van der Waals surface area contributed by atoms with Crippen molar-refractivity contribution in [1.29, 1.82) is 0 Å². The van der Waals surface area contributed by atoms with Crippen LogP contribution in [-0.2, 0) is 10.9 Å². The molecule has 2 bridgehead atoms. The molecule has 1 saturated carbocycles. The van der Waals surface area contributed by atoms with E-state index in [9.17, 15) is 5.11 Å². The molecule has 4 rings (SSSR count). The molecule has 0 spiro atoms. The van der Waals surface area contributed by atoms with Crippen molar-refractivity contribution < 1.29 is 5.11 Å². The third-order valence-electron chi connectivity index (χ3n) is 6.41. The van der Waals surface area contributed by atoms with Gasteiger partial charge in [0.2, 0.25) is 0 Å². The second-order valence-corrected chi connectivity index (χ2v) is 7.27. The molecule has 1 fully saturated rings. The van der Waals surface area contributed by atoms with Crippen molar-refractivity contribution in [2.75, 3.05) is 0 Å². The molecule has 1 N–H and O–H groups in total. The standard InChI is InChI=1S/C18H20BNO/c1-16(2)17(19)9-10-18(16,21)14-13(17)8-11-20-15(14)12-6-4-3-5-7-12/h3-8,11,21H,9-10,19H2,1-2H3. The van der Waals surface area contributed by atoms with Crippen LogP contribution in [-0.4, -0.2) is 17.9 Å². The molecule has 1 aromatic carbocycles. The van der Waals surface area contributed by atoms with E-state index in [0.29, 0.717) is 0 Å². The van der Waals surface area contributed by atoms with Gasteiger partial charge in [0.1, 0.15) is 7.85 Å². The molecule has 0 aliphatic heterocycles. The molecule has 2 nitrogen and oxygen atoms in total. The van der Waals surface area contributed by atoms with Crippen molar-refractivity contribution in [3.8, 4) is 11.3 Å². The van der Waals surface area contributed by atoms with Gasteiger partial charge in [-0.25, -0.2) is 0 Å². The minimum absolute atomic E-state index is 0.0313. The third-order valence-corrected chi connectivity index (χ3v) is 6.41. The zero-order valence-corrected chi connectivity index (χ0v) is 12.9. The first-order valence-corrected chi connectivity index (χ1v) is 7.70. The molecular formula is C18H20BNO. The number of aliphatic hydroxyl groups is 1. The van der Waals surface area contributed by atoms with Crippen LogP contribution in [0.25, 0.3) is 11.3 Å². The summed E-state index contributed by atoms with van der Waals surface area (Å²) in [5.74, 6) is 0. The summed E-state index contributed by atoms with van der Waals surface area (Å²) in [6, 6.07) is 12.3. The van der Waals surface area contributed by atoms with Crippen molar-refractivity contribution in [1.82, 2.24) is 4.98 Å². The Hall–Kier alpha value is -1.61. The molecule has 2 aliphatic rings. The van der Waals surface area contributed by atoms with Crippen LogP contribution >= 0.6 is 0 Å². The number of hydrogen-bond acceptors (Lipinski definition) is 2. The molecule has 106 valence electrons. The number of benzene rings is 1. The smallest absolute Gasteiger partial charge is 0.116 e. The highest BCUT2D eigenvalue weighted by Crippen LogP contribution is 2.69. The van der Waals surface area contributed by atoms with E-state index >= 15 is 0 Å². The summed E-state index contributed by atoms with van der Waals surface area (Å²) in [5.41, 5.74) is 3.47. The predicted molar refractivity (Wildman–Crippen MR) is 86.8 cm³/mol. The fraction of sp³-hybridized carbons (Fsp3) is 0.389. The maximum absolute atomic E-state index is 11.5. The Bertz CT molecular complexity index is 727. The fourth-order valence-electron chi connectivity index (χ4n) is 4.58. The van der Waals surface area contributed by atoms with Gasteiger partial charge in [-0.1, -0.05) is 44.2 Å². The van der Waals surface area contributed by atoms with E-state index in [1.165, 1.54) is 5.56 Å². The van der Waals surface area contributed by atoms with Crippen molar-refractivity contribution in [3.63, 3.8) is 0 Å². The second kappa shape index (κ2) is 3.78. The van der Waals surface area contributed by atoms with Gasteiger partial charge in [-0.15, -0.1) is 0 Å². The molecule has 0 saturated heterocycles. The van der Waals surface area contributed by atoms with Crippen molar-refractivity contribution >= 4 is 7.85 Å². The van der Waals surface area contributed by atoms with E-state index in [1.54, 1.807) is 0 Å². The van der Waals surface area contributed by atoms with E-state index in [0.717, 1.165) is 29.7 Å². The van der Waals surface area contributed by atoms with Gasteiger partial charge >= 0.3 is 0 Å². The fourth-order valence-corrected chi connectivity index (χ4v) is 4.58. The lowest BCUT2D eigenvalue weighted by Gasteiger charge is -2.38. The molecule has 1 heterocycles. The molecule has 2 unspecified atom stereocenters. The molecule has 2 aromatic rings. The van der Waals surface area contributed by atoms with E-state index in [2.05, 4.69) is 44.9 Å². The zero-order valence-electron chi connectivity index (χ0n) is 12.9. The van der Waals surface area contributed by atoms with E-state index < -0.39 is 5.60 Å². The number of nitrogens with zero attached hydrogens (tertiary/aromatic N) is 1. The van der Waals surface area contributed by atoms with Crippen molar-refractivity contribution in [2.45, 2.75) is 37.6 Å². The van der Waals surface area contributed by atoms with E-state index in [4.69, 9.17) is 0 Å². The lowest BCUT2D eigenvalue weighted by molar-refractivity contribution is -0.0449. The van der Waals surface area contributed by atoms with Gasteiger partial charge in [0.25, 0.3) is 0 Å². The van der Waals surface area contributed by atoms with Gasteiger partial charge in [-0.05, 0) is 29.8 Å². The number of rotatable bonds is 1. The highest BCUT2D eigenvalue weighted by atomic mass is 16.3. The molecular weight excluding hydrogens is 257 g/mol. The molecule has 1 aromatic heterocycles. The molecule has 21 heavy (non-hydrogen) atoms. The van der Waals surface area contributed by atoms with E-state index in [1.807, 2.05) is 24.4 Å². The second-order valence-electron chi connectivity index (χ2n) is 7.27. The largest absolute Gasteiger partial charge is 0.385 e. The summed E-state index contributed by atoms with van der Waals surface area (Å²) in [4.78, 5) is 4.62. The normalized spacial score (nSPS) is 32.1. The first kappa shape index (κ1) is 13.1. The van der Waals surface area contributed by atoms with Gasteiger partial charge in [0, 0.05) is 22.7 Å². The first-order valence-electron chi connectivity index (χ1n) is 7.70. The summed E-state index contributed by atoms with van der Waals surface area (Å²) in [5, 5.41) is 11.5. The minimum atomic E-state index is -0.767. The predicted octanol–water partition coefficient (Wildman–Crippen LogP) is 2.60. The van der Waals surface area contributed by atoms with Gasteiger partial charge < -0.3 is 5.11 Å². The molecule has 2 aliphatic carbocycles. The number of hydrogen-bond donors (Lipinski definition) is 1. The molecule has 2 atom stereocenters. The highest BCUT2D eigenvalue weighted by Gasteiger charge is 2.68. The van der Waals surface area contributed by atoms with E-state index in [-0.39, 0.29) is 10.7 Å². The SMILES string of the molecule is BC12CCC(O)(c3c1ccnc3-c1ccccc1)C2(C)C. The van der Waals surface area contributed by atoms with Crippen molar-refractivity contribution in [2.24, 2.45) is 5.41 Å². The monoisotopic (exact) mass is 277 g/mol. The van der Waals surface area contributed by atoms with Crippen LogP contribution in [0, 0.1) is 5.41 Å². The van der Waals surface area contributed by atoms with Crippen molar-refractivity contribution in [3.05, 3.63) is 53.7 Å².